The molecule has 0 fully saturated rings. The first-order valence-corrected chi connectivity index (χ1v) is 9.28. The van der Waals surface area contributed by atoms with Crippen molar-refractivity contribution in [3.63, 3.8) is 0 Å². The third-order valence-corrected chi connectivity index (χ3v) is 6.58. The van der Waals surface area contributed by atoms with Crippen LogP contribution in [0.25, 0.3) is 0 Å². The maximum atomic E-state index is 13.1. The van der Waals surface area contributed by atoms with Crippen molar-refractivity contribution in [2.45, 2.75) is 24.6 Å². The van der Waals surface area contributed by atoms with Crippen LogP contribution in [0.4, 0.5) is 4.39 Å². The maximum Gasteiger partial charge on any atom is 0.124 e. The predicted molar refractivity (Wildman–Crippen MR) is 88.9 cm³/mol. The molecule has 20 heavy (non-hydrogen) atoms. The Bertz CT molecular complexity index is 603. The number of benzene rings is 1. The Morgan fingerprint density at radius 3 is 2.95 bits per heavy atom. The van der Waals surface area contributed by atoms with Gasteiger partial charge in [-0.1, -0.05) is 22.0 Å². The molecule has 0 saturated carbocycles. The van der Waals surface area contributed by atoms with E-state index < -0.39 is 0 Å². The van der Waals surface area contributed by atoms with E-state index in [1.165, 1.54) is 33.2 Å². The van der Waals surface area contributed by atoms with Crippen molar-refractivity contribution >= 4 is 39.0 Å². The van der Waals surface area contributed by atoms with Crippen LogP contribution in [-0.4, -0.2) is 5.75 Å². The second-order valence-electron chi connectivity index (χ2n) is 4.95. The lowest BCUT2D eigenvalue weighted by Gasteiger charge is -2.11. The largest absolute Gasteiger partial charge is 0.323 e. The lowest BCUT2D eigenvalue weighted by atomic mass is 10.0. The molecule has 106 valence electrons. The molecule has 2 heterocycles. The van der Waals surface area contributed by atoms with Crippen molar-refractivity contribution in [2.75, 3.05) is 5.75 Å². The molecule has 1 aliphatic heterocycles. The summed E-state index contributed by atoms with van der Waals surface area (Å²) < 4.78 is 13.9. The molecule has 1 atom stereocenters. The van der Waals surface area contributed by atoms with Crippen LogP contribution in [0.3, 0.4) is 0 Å². The van der Waals surface area contributed by atoms with Crippen molar-refractivity contribution in [1.29, 1.82) is 0 Å². The SMILES string of the molecule is NC(Cc1ccc(F)cc1Br)c1cc2c(s1)CCSC2. The molecule has 0 spiro atoms. The lowest BCUT2D eigenvalue weighted by Crippen LogP contribution is -2.12. The fraction of sp³-hybridized carbons (Fsp3) is 0.333. The van der Waals surface area contributed by atoms with E-state index in [2.05, 4.69) is 22.0 Å². The van der Waals surface area contributed by atoms with Crippen LogP contribution in [0.15, 0.2) is 28.7 Å². The third-order valence-electron chi connectivity index (χ3n) is 3.47. The Morgan fingerprint density at radius 2 is 2.20 bits per heavy atom. The Kier molecular flexibility index (Phi) is 4.50. The summed E-state index contributed by atoms with van der Waals surface area (Å²) in [5, 5.41) is 0. The highest BCUT2D eigenvalue weighted by molar-refractivity contribution is 9.10. The zero-order chi connectivity index (χ0) is 14.1. The quantitative estimate of drug-likeness (QED) is 0.847. The van der Waals surface area contributed by atoms with E-state index in [-0.39, 0.29) is 11.9 Å². The minimum atomic E-state index is -0.224. The zero-order valence-electron chi connectivity index (χ0n) is 10.9. The van der Waals surface area contributed by atoms with Gasteiger partial charge < -0.3 is 5.73 Å². The maximum absolute atomic E-state index is 13.1. The fourth-order valence-corrected chi connectivity index (χ4v) is 5.27. The van der Waals surface area contributed by atoms with E-state index in [4.69, 9.17) is 5.73 Å². The molecule has 0 saturated heterocycles. The molecule has 1 aliphatic rings. The topological polar surface area (TPSA) is 26.0 Å². The minimum absolute atomic E-state index is 0.0163. The first-order valence-electron chi connectivity index (χ1n) is 6.52. The third kappa shape index (κ3) is 3.11. The summed E-state index contributed by atoms with van der Waals surface area (Å²) in [5.41, 5.74) is 8.84. The van der Waals surface area contributed by atoms with Gasteiger partial charge in [-0.2, -0.15) is 11.8 Å². The summed E-state index contributed by atoms with van der Waals surface area (Å²) in [5.74, 6) is 2.10. The molecule has 0 amide bonds. The lowest BCUT2D eigenvalue weighted by molar-refractivity contribution is 0.624. The smallest absolute Gasteiger partial charge is 0.124 e. The molecule has 1 unspecified atom stereocenters. The Morgan fingerprint density at radius 1 is 1.35 bits per heavy atom. The number of rotatable bonds is 3. The summed E-state index contributed by atoms with van der Waals surface area (Å²) in [6.07, 6.45) is 1.89. The van der Waals surface area contributed by atoms with Crippen LogP contribution in [-0.2, 0) is 18.6 Å². The van der Waals surface area contributed by atoms with Gasteiger partial charge in [-0.15, -0.1) is 11.3 Å². The van der Waals surface area contributed by atoms with Crippen LogP contribution in [0.2, 0.25) is 0 Å². The van der Waals surface area contributed by atoms with E-state index in [0.717, 1.165) is 28.6 Å². The van der Waals surface area contributed by atoms with Crippen molar-refractivity contribution in [3.8, 4) is 0 Å². The van der Waals surface area contributed by atoms with E-state index in [9.17, 15) is 4.39 Å². The zero-order valence-corrected chi connectivity index (χ0v) is 14.1. The molecule has 2 aromatic rings. The van der Waals surface area contributed by atoms with Gasteiger partial charge in [0.05, 0.1) is 0 Å². The molecule has 1 aromatic carbocycles. The van der Waals surface area contributed by atoms with Gasteiger partial charge in [-0.3, -0.25) is 0 Å². The van der Waals surface area contributed by atoms with E-state index in [1.807, 2.05) is 29.2 Å². The molecule has 2 N–H and O–H groups in total. The average molecular weight is 372 g/mol. The molecule has 5 heteroatoms. The highest BCUT2D eigenvalue weighted by Crippen LogP contribution is 2.35. The molecule has 0 aliphatic carbocycles. The van der Waals surface area contributed by atoms with E-state index >= 15 is 0 Å². The molecule has 1 aromatic heterocycles. The van der Waals surface area contributed by atoms with Gasteiger partial charge in [0.1, 0.15) is 5.82 Å². The molecular weight excluding hydrogens is 357 g/mol. The molecule has 3 rings (SSSR count). The summed E-state index contributed by atoms with van der Waals surface area (Å²) in [6.45, 7) is 0. The van der Waals surface area contributed by atoms with Crippen LogP contribution < -0.4 is 5.73 Å². The number of nitrogens with two attached hydrogens (primary N) is 1. The van der Waals surface area contributed by atoms with Gasteiger partial charge in [0.15, 0.2) is 0 Å². The van der Waals surface area contributed by atoms with Crippen molar-refractivity contribution in [3.05, 3.63) is 55.4 Å². The Hall–Kier alpha value is -0.360. The first-order chi connectivity index (χ1) is 9.63. The number of halogens is 2. The normalized spacial score (nSPS) is 15.9. The number of thioether (sulfide) groups is 1. The van der Waals surface area contributed by atoms with Gasteiger partial charge in [0.25, 0.3) is 0 Å². The highest BCUT2D eigenvalue weighted by atomic mass is 79.9. The van der Waals surface area contributed by atoms with Gasteiger partial charge in [0, 0.05) is 26.0 Å². The van der Waals surface area contributed by atoms with Crippen molar-refractivity contribution in [1.82, 2.24) is 0 Å². The van der Waals surface area contributed by atoms with Crippen LogP contribution in [0.5, 0.6) is 0 Å². The molecule has 0 bridgehead atoms. The fourth-order valence-electron chi connectivity index (χ4n) is 2.38. The Balaban J connectivity index is 1.78. The number of aryl methyl sites for hydroxylation is 1. The van der Waals surface area contributed by atoms with Gasteiger partial charge in [0.2, 0.25) is 0 Å². The minimum Gasteiger partial charge on any atom is -0.323 e. The summed E-state index contributed by atoms with van der Waals surface area (Å²) in [4.78, 5) is 2.74. The number of hydrogen-bond acceptors (Lipinski definition) is 3. The first kappa shape index (κ1) is 14.6. The molecule has 0 radical (unpaired) electrons. The summed E-state index contributed by atoms with van der Waals surface area (Å²) in [6, 6.07) is 7.04. The molecule has 1 nitrogen and oxygen atoms in total. The second-order valence-corrected chi connectivity index (χ2v) is 8.07. The van der Waals surface area contributed by atoms with Gasteiger partial charge in [-0.25, -0.2) is 4.39 Å². The van der Waals surface area contributed by atoms with Crippen molar-refractivity contribution < 1.29 is 4.39 Å². The van der Waals surface area contributed by atoms with Gasteiger partial charge >= 0.3 is 0 Å². The number of thiophene rings is 1. The second kappa shape index (κ2) is 6.18. The number of hydrogen-bond donors (Lipinski definition) is 1. The number of fused-ring (bicyclic) bond motifs is 1. The highest BCUT2D eigenvalue weighted by Gasteiger charge is 2.18. The predicted octanol–water partition coefficient (Wildman–Crippen LogP) is 4.68. The van der Waals surface area contributed by atoms with E-state index in [1.54, 1.807) is 0 Å². The molecular formula is C15H15BrFNS2. The summed E-state index contributed by atoms with van der Waals surface area (Å²) >= 11 is 7.24. The van der Waals surface area contributed by atoms with Crippen LogP contribution in [0, 0.1) is 5.82 Å². The standard InChI is InChI=1S/C15H15BrFNS2/c16-12-7-11(17)2-1-9(12)5-13(18)15-6-10-8-19-4-3-14(10)20-15/h1-2,6-7,13H,3-5,8,18H2. The monoisotopic (exact) mass is 371 g/mol. The van der Waals surface area contributed by atoms with Gasteiger partial charge in [-0.05, 0) is 47.9 Å². The average Bonchev–Trinajstić information content (AvgIpc) is 2.86. The van der Waals surface area contributed by atoms with Crippen LogP contribution in [0.1, 0.15) is 26.9 Å². The van der Waals surface area contributed by atoms with E-state index in [0.29, 0.717) is 0 Å². The summed E-state index contributed by atoms with van der Waals surface area (Å²) in [7, 11) is 0. The Labute approximate surface area is 134 Å². The van der Waals surface area contributed by atoms with Crippen LogP contribution >= 0.6 is 39.0 Å². The van der Waals surface area contributed by atoms with Crippen molar-refractivity contribution in [2.24, 2.45) is 5.73 Å².